The lowest BCUT2D eigenvalue weighted by Gasteiger charge is -2.12. The zero-order valence-electron chi connectivity index (χ0n) is 10.1. The molecule has 0 saturated heterocycles. The molecule has 1 amide bonds. The van der Waals surface area contributed by atoms with Crippen molar-refractivity contribution >= 4 is 11.9 Å². The second-order valence-electron chi connectivity index (χ2n) is 3.71. The van der Waals surface area contributed by atoms with E-state index in [1.807, 2.05) is 0 Å². The van der Waals surface area contributed by atoms with E-state index in [-0.39, 0.29) is 6.54 Å². The molecule has 0 fully saturated rings. The Morgan fingerprint density at radius 1 is 1.67 bits per heavy atom. The van der Waals surface area contributed by atoms with Gasteiger partial charge < -0.3 is 15.7 Å². The number of hydrogen-bond donors (Lipinski definition) is 3. The van der Waals surface area contributed by atoms with Crippen molar-refractivity contribution in [3.63, 3.8) is 0 Å². The van der Waals surface area contributed by atoms with E-state index in [4.69, 9.17) is 5.11 Å². The summed E-state index contributed by atoms with van der Waals surface area (Å²) in [6, 6.07) is -1.09. The highest BCUT2D eigenvalue weighted by Gasteiger charge is 2.22. The molecule has 0 aromatic carbocycles. The predicted molar refractivity (Wildman–Crippen MR) is 64.8 cm³/mol. The van der Waals surface area contributed by atoms with E-state index in [0.29, 0.717) is 12.1 Å². The Kier molecular flexibility index (Phi) is 5.06. The van der Waals surface area contributed by atoms with E-state index in [1.165, 1.54) is 10.9 Å². The third-order valence-electron chi connectivity index (χ3n) is 2.18. The number of carbonyl (C=O) groups is 2. The lowest BCUT2D eigenvalue weighted by Crippen LogP contribution is -2.39. The zero-order chi connectivity index (χ0) is 13.5. The van der Waals surface area contributed by atoms with Gasteiger partial charge in [0.25, 0.3) is 0 Å². The van der Waals surface area contributed by atoms with E-state index in [1.54, 1.807) is 19.3 Å². The van der Waals surface area contributed by atoms with Crippen LogP contribution in [0.25, 0.3) is 0 Å². The fourth-order valence-electron chi connectivity index (χ4n) is 1.38. The minimum Gasteiger partial charge on any atom is -0.479 e. The molecule has 1 aromatic rings. The summed E-state index contributed by atoms with van der Waals surface area (Å²) in [5, 5.41) is 18.2. The Bertz CT molecular complexity index is 441. The van der Waals surface area contributed by atoms with Crippen LogP contribution in [0.1, 0.15) is 11.6 Å². The maximum absolute atomic E-state index is 11.5. The van der Waals surface area contributed by atoms with Crippen molar-refractivity contribution in [1.82, 2.24) is 20.4 Å². The van der Waals surface area contributed by atoms with E-state index < -0.39 is 17.9 Å². The molecule has 0 spiro atoms. The van der Waals surface area contributed by atoms with Crippen LogP contribution in [0.2, 0.25) is 0 Å². The molecule has 1 atom stereocenters. The monoisotopic (exact) mass is 252 g/mol. The van der Waals surface area contributed by atoms with Gasteiger partial charge in [-0.25, -0.2) is 4.79 Å². The van der Waals surface area contributed by atoms with Crippen LogP contribution in [0.4, 0.5) is 0 Å². The fraction of sp³-hybridized carbons (Fsp3) is 0.364. The van der Waals surface area contributed by atoms with Gasteiger partial charge in [0.05, 0.1) is 12.7 Å². The molecular formula is C11H16N4O3. The minimum absolute atomic E-state index is 0.0378. The van der Waals surface area contributed by atoms with Crippen LogP contribution in [0.3, 0.4) is 0 Å². The minimum atomic E-state index is -1.12. The van der Waals surface area contributed by atoms with Gasteiger partial charge in [-0.1, -0.05) is 6.08 Å². The summed E-state index contributed by atoms with van der Waals surface area (Å²) in [6.45, 7) is 4.02. The van der Waals surface area contributed by atoms with Crippen molar-refractivity contribution in [2.75, 3.05) is 13.1 Å². The van der Waals surface area contributed by atoms with Gasteiger partial charge >= 0.3 is 5.97 Å². The van der Waals surface area contributed by atoms with Crippen molar-refractivity contribution in [2.24, 2.45) is 7.05 Å². The van der Waals surface area contributed by atoms with Crippen molar-refractivity contribution < 1.29 is 14.7 Å². The smallest absolute Gasteiger partial charge is 0.331 e. The summed E-state index contributed by atoms with van der Waals surface area (Å²) in [5.41, 5.74) is 0.432. The number of nitrogens with zero attached hydrogens (tertiary/aromatic N) is 2. The highest BCUT2D eigenvalue weighted by atomic mass is 16.4. The first kappa shape index (κ1) is 13.9. The van der Waals surface area contributed by atoms with Crippen molar-refractivity contribution in [2.45, 2.75) is 6.04 Å². The summed E-state index contributed by atoms with van der Waals surface area (Å²) in [4.78, 5) is 22.6. The van der Waals surface area contributed by atoms with Crippen LogP contribution in [0.5, 0.6) is 0 Å². The molecule has 0 aliphatic heterocycles. The van der Waals surface area contributed by atoms with Gasteiger partial charge in [-0.15, -0.1) is 6.58 Å². The summed E-state index contributed by atoms with van der Waals surface area (Å²) in [5.74, 6) is -1.52. The van der Waals surface area contributed by atoms with Gasteiger partial charge in [0.1, 0.15) is 0 Å². The van der Waals surface area contributed by atoms with Crippen LogP contribution in [0, 0.1) is 0 Å². The number of rotatable bonds is 7. The second-order valence-corrected chi connectivity index (χ2v) is 3.71. The molecule has 18 heavy (non-hydrogen) atoms. The number of carboxylic acid groups (broad SMARTS) is 1. The van der Waals surface area contributed by atoms with Crippen LogP contribution in [0.15, 0.2) is 25.0 Å². The third-order valence-corrected chi connectivity index (χ3v) is 2.18. The molecule has 1 unspecified atom stereocenters. The van der Waals surface area contributed by atoms with Gasteiger partial charge in [-0.2, -0.15) is 5.10 Å². The average Bonchev–Trinajstić information content (AvgIpc) is 2.72. The molecule has 1 heterocycles. The first-order valence-corrected chi connectivity index (χ1v) is 5.37. The van der Waals surface area contributed by atoms with Crippen LogP contribution in [-0.2, 0) is 16.6 Å². The van der Waals surface area contributed by atoms with Crippen LogP contribution in [-0.4, -0.2) is 39.9 Å². The molecular weight excluding hydrogens is 236 g/mol. The Balaban J connectivity index is 2.61. The van der Waals surface area contributed by atoms with Gasteiger partial charge in [0.15, 0.2) is 6.04 Å². The first-order chi connectivity index (χ1) is 8.54. The van der Waals surface area contributed by atoms with E-state index >= 15 is 0 Å². The highest BCUT2D eigenvalue weighted by Crippen LogP contribution is 2.11. The molecule has 7 nitrogen and oxygen atoms in total. The largest absolute Gasteiger partial charge is 0.479 e. The molecule has 98 valence electrons. The Labute approximate surface area is 104 Å². The summed E-state index contributed by atoms with van der Waals surface area (Å²) < 4.78 is 1.48. The maximum Gasteiger partial charge on any atom is 0.331 e. The molecule has 0 aliphatic rings. The Hall–Kier alpha value is -2.15. The lowest BCUT2D eigenvalue weighted by atomic mass is 10.1. The standard InChI is InChI=1S/C11H16N4O3/c1-3-4-12-6-9(16)14-10(11(17)18)8-5-13-15(2)7-8/h3,5,7,10,12H,1,4,6H2,2H3,(H,14,16)(H,17,18). The van der Waals surface area contributed by atoms with Crippen molar-refractivity contribution in [3.05, 3.63) is 30.6 Å². The predicted octanol–water partition coefficient (Wildman–Crippen LogP) is -0.562. The molecule has 1 aromatic heterocycles. The molecule has 0 bridgehead atoms. The zero-order valence-corrected chi connectivity index (χ0v) is 10.1. The lowest BCUT2D eigenvalue weighted by molar-refractivity contribution is -0.141. The van der Waals surface area contributed by atoms with Crippen molar-refractivity contribution in [1.29, 1.82) is 0 Å². The van der Waals surface area contributed by atoms with Gasteiger partial charge in [0, 0.05) is 25.4 Å². The van der Waals surface area contributed by atoms with Gasteiger partial charge in [0.2, 0.25) is 5.91 Å². The molecule has 3 N–H and O–H groups in total. The number of nitrogens with one attached hydrogen (secondary N) is 2. The van der Waals surface area contributed by atoms with Gasteiger partial charge in [-0.3, -0.25) is 9.48 Å². The summed E-state index contributed by atoms with van der Waals surface area (Å²) >= 11 is 0. The highest BCUT2D eigenvalue weighted by molar-refractivity contribution is 5.85. The molecule has 0 saturated carbocycles. The summed E-state index contributed by atoms with van der Waals surface area (Å²) in [7, 11) is 1.68. The van der Waals surface area contributed by atoms with E-state index in [9.17, 15) is 9.59 Å². The van der Waals surface area contributed by atoms with Crippen molar-refractivity contribution in [3.8, 4) is 0 Å². The molecule has 1 rings (SSSR count). The number of aryl methyl sites for hydroxylation is 1. The summed E-state index contributed by atoms with van der Waals surface area (Å²) in [6.07, 6.45) is 4.58. The Morgan fingerprint density at radius 2 is 2.39 bits per heavy atom. The number of hydrogen-bond acceptors (Lipinski definition) is 4. The average molecular weight is 252 g/mol. The van der Waals surface area contributed by atoms with E-state index in [2.05, 4.69) is 22.3 Å². The maximum atomic E-state index is 11.5. The quantitative estimate of drug-likeness (QED) is 0.446. The normalized spacial score (nSPS) is 11.8. The van der Waals surface area contributed by atoms with Gasteiger partial charge in [-0.05, 0) is 0 Å². The number of aromatic nitrogens is 2. The fourth-order valence-corrected chi connectivity index (χ4v) is 1.38. The molecule has 0 radical (unpaired) electrons. The molecule has 0 aliphatic carbocycles. The Morgan fingerprint density at radius 3 is 2.89 bits per heavy atom. The number of amides is 1. The van der Waals surface area contributed by atoms with Crippen LogP contribution < -0.4 is 10.6 Å². The number of carbonyl (C=O) groups excluding carboxylic acids is 1. The first-order valence-electron chi connectivity index (χ1n) is 5.37. The second kappa shape index (κ2) is 6.55. The SMILES string of the molecule is C=CCNCC(=O)NC(C(=O)O)c1cnn(C)c1. The number of aliphatic carboxylic acids is 1. The van der Waals surface area contributed by atoms with E-state index in [0.717, 1.165) is 0 Å². The molecule has 7 heteroatoms. The topological polar surface area (TPSA) is 96.2 Å². The number of carboxylic acids is 1. The third kappa shape index (κ3) is 4.02. The van der Waals surface area contributed by atoms with Crippen LogP contribution >= 0.6 is 0 Å².